The van der Waals surface area contributed by atoms with Gasteiger partial charge in [-0.3, -0.25) is 9.59 Å². The zero-order valence-electron chi connectivity index (χ0n) is 13.5. The maximum atomic E-state index is 12.2. The topological polar surface area (TPSA) is 61.8 Å². The Bertz CT molecular complexity index is 754. The van der Waals surface area contributed by atoms with Gasteiger partial charge in [0.05, 0.1) is 12.1 Å². The SMILES string of the molecule is Cc1ccc(N2C[C@@H](C(=O)N/N=C\c3ccccc3)CC2=O)cc1. The number of nitrogens with one attached hydrogen (secondary N) is 1. The predicted molar refractivity (Wildman–Crippen MR) is 93.8 cm³/mol. The Morgan fingerprint density at radius 3 is 2.58 bits per heavy atom. The lowest BCUT2D eigenvalue weighted by Gasteiger charge is -2.16. The lowest BCUT2D eigenvalue weighted by Crippen LogP contribution is -2.30. The molecule has 1 atom stereocenters. The second-order valence-corrected chi connectivity index (χ2v) is 5.89. The molecule has 0 radical (unpaired) electrons. The Kier molecular flexibility index (Phi) is 4.70. The van der Waals surface area contributed by atoms with E-state index >= 15 is 0 Å². The Balaban J connectivity index is 1.59. The van der Waals surface area contributed by atoms with E-state index in [1.165, 1.54) is 0 Å². The molecule has 2 amide bonds. The Morgan fingerprint density at radius 2 is 1.88 bits per heavy atom. The molecule has 5 heteroatoms. The fraction of sp³-hybridized carbons (Fsp3) is 0.211. The van der Waals surface area contributed by atoms with Gasteiger partial charge in [-0.05, 0) is 24.6 Å². The molecule has 1 saturated heterocycles. The first kappa shape index (κ1) is 15.9. The van der Waals surface area contributed by atoms with Crippen LogP contribution >= 0.6 is 0 Å². The number of carbonyl (C=O) groups excluding carboxylic acids is 2. The number of rotatable bonds is 4. The van der Waals surface area contributed by atoms with Crippen molar-refractivity contribution < 1.29 is 9.59 Å². The van der Waals surface area contributed by atoms with Crippen LogP contribution in [0.3, 0.4) is 0 Å². The third-order valence-corrected chi connectivity index (χ3v) is 4.03. The Labute approximate surface area is 141 Å². The molecular weight excluding hydrogens is 302 g/mol. The highest BCUT2D eigenvalue weighted by molar-refractivity contribution is 6.00. The molecule has 2 aromatic rings. The number of hydrogen-bond donors (Lipinski definition) is 1. The minimum absolute atomic E-state index is 0.0361. The van der Waals surface area contributed by atoms with Gasteiger partial charge in [-0.25, -0.2) is 5.43 Å². The van der Waals surface area contributed by atoms with Gasteiger partial charge in [0.15, 0.2) is 0 Å². The molecule has 0 saturated carbocycles. The Hall–Kier alpha value is -2.95. The molecule has 24 heavy (non-hydrogen) atoms. The normalized spacial score (nSPS) is 17.5. The summed E-state index contributed by atoms with van der Waals surface area (Å²) >= 11 is 0. The number of hydrazone groups is 1. The summed E-state index contributed by atoms with van der Waals surface area (Å²) in [4.78, 5) is 26.0. The lowest BCUT2D eigenvalue weighted by atomic mass is 10.1. The van der Waals surface area contributed by atoms with Crippen molar-refractivity contribution >= 4 is 23.7 Å². The van der Waals surface area contributed by atoms with Gasteiger partial charge < -0.3 is 4.90 Å². The van der Waals surface area contributed by atoms with Gasteiger partial charge in [-0.15, -0.1) is 0 Å². The molecule has 0 spiro atoms. The monoisotopic (exact) mass is 321 g/mol. The van der Waals surface area contributed by atoms with E-state index in [1.54, 1.807) is 11.1 Å². The third kappa shape index (κ3) is 3.68. The fourth-order valence-electron chi connectivity index (χ4n) is 2.66. The van der Waals surface area contributed by atoms with Crippen LogP contribution in [0.4, 0.5) is 5.69 Å². The maximum absolute atomic E-state index is 12.2. The summed E-state index contributed by atoms with van der Waals surface area (Å²) < 4.78 is 0. The summed E-state index contributed by atoms with van der Waals surface area (Å²) in [6, 6.07) is 17.2. The van der Waals surface area contributed by atoms with Gasteiger partial charge >= 0.3 is 0 Å². The molecule has 1 fully saturated rings. The van der Waals surface area contributed by atoms with Gasteiger partial charge in [0.2, 0.25) is 11.8 Å². The largest absolute Gasteiger partial charge is 0.312 e. The van der Waals surface area contributed by atoms with Crippen molar-refractivity contribution in [2.75, 3.05) is 11.4 Å². The van der Waals surface area contributed by atoms with Crippen molar-refractivity contribution in [2.24, 2.45) is 11.0 Å². The zero-order chi connectivity index (χ0) is 16.9. The van der Waals surface area contributed by atoms with E-state index in [2.05, 4.69) is 10.5 Å². The van der Waals surface area contributed by atoms with E-state index in [-0.39, 0.29) is 24.2 Å². The van der Waals surface area contributed by atoms with E-state index in [0.717, 1.165) is 16.8 Å². The standard InChI is InChI=1S/C19H19N3O2/c1-14-7-9-17(10-8-14)22-13-16(11-18(22)23)19(24)21-20-12-15-5-3-2-4-6-15/h2-10,12,16H,11,13H2,1H3,(H,21,24)/b20-12-/t16-/m0/s1. The minimum Gasteiger partial charge on any atom is -0.312 e. The van der Waals surface area contributed by atoms with Crippen LogP contribution in [0.1, 0.15) is 17.5 Å². The summed E-state index contributed by atoms with van der Waals surface area (Å²) in [5.41, 5.74) is 5.39. The summed E-state index contributed by atoms with van der Waals surface area (Å²) in [7, 11) is 0. The molecule has 0 aliphatic carbocycles. The summed E-state index contributed by atoms with van der Waals surface area (Å²) in [5.74, 6) is -0.650. The van der Waals surface area contributed by atoms with Gasteiger partial charge in [0.25, 0.3) is 0 Å². The van der Waals surface area contributed by atoms with Gasteiger partial charge in [0, 0.05) is 18.7 Å². The molecule has 1 aliphatic heterocycles. The number of aryl methyl sites for hydroxylation is 1. The predicted octanol–water partition coefficient (Wildman–Crippen LogP) is 2.50. The van der Waals surface area contributed by atoms with Crippen LogP contribution in [0, 0.1) is 12.8 Å². The summed E-state index contributed by atoms with van der Waals surface area (Å²) in [6.07, 6.45) is 1.80. The van der Waals surface area contributed by atoms with Crippen LogP contribution in [0.25, 0.3) is 0 Å². The first-order valence-corrected chi connectivity index (χ1v) is 7.88. The van der Waals surface area contributed by atoms with Crippen LogP contribution < -0.4 is 10.3 Å². The van der Waals surface area contributed by atoms with Crippen LogP contribution in [-0.2, 0) is 9.59 Å². The first-order chi connectivity index (χ1) is 11.6. The molecule has 1 heterocycles. The highest BCUT2D eigenvalue weighted by Crippen LogP contribution is 2.25. The van der Waals surface area contributed by atoms with Crippen molar-refractivity contribution in [1.82, 2.24) is 5.43 Å². The van der Waals surface area contributed by atoms with E-state index in [9.17, 15) is 9.59 Å². The second kappa shape index (κ2) is 7.08. The van der Waals surface area contributed by atoms with Gasteiger partial charge in [-0.1, -0.05) is 48.0 Å². The van der Waals surface area contributed by atoms with Crippen molar-refractivity contribution in [1.29, 1.82) is 0 Å². The van der Waals surface area contributed by atoms with E-state index in [4.69, 9.17) is 0 Å². The molecule has 2 aromatic carbocycles. The third-order valence-electron chi connectivity index (χ3n) is 4.03. The summed E-state index contributed by atoms with van der Waals surface area (Å²) in [6.45, 7) is 2.38. The number of nitrogens with zero attached hydrogens (tertiary/aromatic N) is 2. The fourth-order valence-corrected chi connectivity index (χ4v) is 2.66. The molecule has 0 aromatic heterocycles. The van der Waals surface area contributed by atoms with Crippen molar-refractivity contribution in [2.45, 2.75) is 13.3 Å². The smallest absolute Gasteiger partial charge is 0.245 e. The van der Waals surface area contributed by atoms with Crippen LogP contribution in [0.2, 0.25) is 0 Å². The number of benzene rings is 2. The first-order valence-electron chi connectivity index (χ1n) is 7.88. The average molecular weight is 321 g/mol. The minimum atomic E-state index is -0.383. The average Bonchev–Trinajstić information content (AvgIpc) is 2.98. The number of carbonyl (C=O) groups is 2. The van der Waals surface area contributed by atoms with Crippen molar-refractivity contribution in [3.63, 3.8) is 0 Å². The quantitative estimate of drug-likeness (QED) is 0.695. The molecule has 122 valence electrons. The van der Waals surface area contributed by atoms with Gasteiger partial charge in [0.1, 0.15) is 0 Å². The van der Waals surface area contributed by atoms with E-state index in [0.29, 0.717) is 6.54 Å². The van der Waals surface area contributed by atoms with Crippen LogP contribution in [0.15, 0.2) is 59.7 Å². The number of anilines is 1. The Morgan fingerprint density at radius 1 is 1.17 bits per heavy atom. The molecule has 0 unspecified atom stereocenters. The lowest BCUT2D eigenvalue weighted by molar-refractivity contribution is -0.126. The van der Waals surface area contributed by atoms with E-state index in [1.807, 2.05) is 61.5 Å². The molecule has 5 nitrogen and oxygen atoms in total. The van der Waals surface area contributed by atoms with Gasteiger partial charge in [-0.2, -0.15) is 5.10 Å². The maximum Gasteiger partial charge on any atom is 0.245 e. The van der Waals surface area contributed by atoms with Crippen molar-refractivity contribution in [3.05, 3.63) is 65.7 Å². The van der Waals surface area contributed by atoms with Crippen LogP contribution in [0.5, 0.6) is 0 Å². The van der Waals surface area contributed by atoms with Crippen LogP contribution in [-0.4, -0.2) is 24.6 Å². The molecular formula is C19H19N3O2. The van der Waals surface area contributed by atoms with E-state index < -0.39 is 0 Å². The zero-order valence-corrected chi connectivity index (χ0v) is 13.5. The second-order valence-electron chi connectivity index (χ2n) is 5.89. The van der Waals surface area contributed by atoms with Crippen molar-refractivity contribution in [3.8, 4) is 0 Å². The molecule has 1 N–H and O–H groups in total. The number of hydrogen-bond acceptors (Lipinski definition) is 3. The highest BCUT2D eigenvalue weighted by Gasteiger charge is 2.35. The number of amides is 2. The molecule has 0 bridgehead atoms. The molecule has 1 aliphatic rings. The summed E-state index contributed by atoms with van der Waals surface area (Å²) in [5, 5.41) is 3.97. The highest BCUT2D eigenvalue weighted by atomic mass is 16.2. The molecule has 3 rings (SSSR count).